The van der Waals surface area contributed by atoms with Crippen molar-refractivity contribution in [2.24, 2.45) is 5.92 Å². The van der Waals surface area contributed by atoms with Gasteiger partial charge in [-0.2, -0.15) is 0 Å². The molecule has 9 rings (SSSR count). The van der Waals surface area contributed by atoms with Gasteiger partial charge in [0.2, 0.25) is 0 Å². The molecular formula is C54H50N2. The van der Waals surface area contributed by atoms with Crippen molar-refractivity contribution >= 4 is 22.7 Å². The van der Waals surface area contributed by atoms with Crippen LogP contribution >= 0.6 is 0 Å². The molecule has 2 nitrogen and oxygen atoms in total. The largest absolute Gasteiger partial charge is 0.311 e. The average Bonchev–Trinajstić information content (AvgIpc) is 3.29. The molecule has 0 radical (unpaired) electrons. The van der Waals surface area contributed by atoms with Gasteiger partial charge in [-0.1, -0.05) is 165 Å². The van der Waals surface area contributed by atoms with E-state index in [1.807, 2.05) is 0 Å². The lowest BCUT2D eigenvalue weighted by Crippen LogP contribution is -2.37. The van der Waals surface area contributed by atoms with Gasteiger partial charge in [0.25, 0.3) is 0 Å². The first-order chi connectivity index (χ1) is 27.7. The molecule has 56 heavy (non-hydrogen) atoms. The highest BCUT2D eigenvalue weighted by Crippen LogP contribution is 2.49. The minimum atomic E-state index is 0.120. The van der Waals surface area contributed by atoms with Crippen LogP contribution in [0.1, 0.15) is 62.0 Å². The average molecular weight is 727 g/mol. The predicted molar refractivity (Wildman–Crippen MR) is 237 cm³/mol. The van der Waals surface area contributed by atoms with Gasteiger partial charge in [-0.15, -0.1) is 0 Å². The molecule has 6 aromatic carbocycles. The maximum atomic E-state index is 2.55. The monoisotopic (exact) mass is 726 g/mol. The molecule has 1 saturated carbocycles. The molecule has 0 spiro atoms. The Kier molecular flexibility index (Phi) is 10.4. The van der Waals surface area contributed by atoms with Gasteiger partial charge in [-0.25, -0.2) is 0 Å². The molecule has 0 saturated heterocycles. The maximum Gasteiger partial charge on any atom is 0.0462 e. The molecule has 3 aliphatic carbocycles. The third-order valence-corrected chi connectivity index (χ3v) is 12.3. The molecule has 0 N–H and O–H groups in total. The molecule has 1 fully saturated rings. The van der Waals surface area contributed by atoms with E-state index in [-0.39, 0.29) is 5.41 Å². The van der Waals surface area contributed by atoms with Crippen LogP contribution in [-0.4, -0.2) is 0 Å². The Morgan fingerprint density at radius 1 is 0.411 bits per heavy atom. The van der Waals surface area contributed by atoms with Crippen LogP contribution in [0.15, 0.2) is 218 Å². The van der Waals surface area contributed by atoms with Crippen molar-refractivity contribution in [3.05, 3.63) is 229 Å². The zero-order valence-electron chi connectivity index (χ0n) is 32.1. The van der Waals surface area contributed by atoms with Crippen LogP contribution in [0.2, 0.25) is 0 Å². The van der Waals surface area contributed by atoms with Gasteiger partial charge in [0.1, 0.15) is 0 Å². The zero-order valence-corrected chi connectivity index (χ0v) is 32.1. The summed E-state index contributed by atoms with van der Waals surface area (Å²) in [6, 6.07) is 61.7. The van der Waals surface area contributed by atoms with Gasteiger partial charge in [-0.3, -0.25) is 0 Å². The Bertz CT molecular complexity index is 2310. The topological polar surface area (TPSA) is 6.48 Å². The second-order valence-corrected chi connectivity index (χ2v) is 15.6. The van der Waals surface area contributed by atoms with Crippen molar-refractivity contribution in [3.8, 4) is 11.1 Å². The first kappa shape index (κ1) is 35.6. The molecule has 276 valence electrons. The normalized spacial score (nSPS) is 18.8. The second kappa shape index (κ2) is 16.3. The summed E-state index contributed by atoms with van der Waals surface area (Å²) in [5.74, 6) is 0.861. The summed E-state index contributed by atoms with van der Waals surface area (Å²) < 4.78 is 0. The number of nitrogens with zero attached hydrogens (tertiary/aromatic N) is 2. The lowest BCUT2D eigenvalue weighted by atomic mass is 9.60. The fourth-order valence-electron chi connectivity index (χ4n) is 9.39. The van der Waals surface area contributed by atoms with E-state index in [4.69, 9.17) is 0 Å². The Labute approximate surface area is 333 Å². The number of benzene rings is 6. The third-order valence-electron chi connectivity index (χ3n) is 12.3. The van der Waals surface area contributed by atoms with E-state index in [1.165, 1.54) is 77.1 Å². The van der Waals surface area contributed by atoms with Gasteiger partial charge in [0, 0.05) is 45.5 Å². The van der Waals surface area contributed by atoms with Crippen LogP contribution in [0.5, 0.6) is 0 Å². The summed E-state index contributed by atoms with van der Waals surface area (Å²) in [4.78, 5) is 4.84. The third kappa shape index (κ3) is 7.32. The molecule has 3 aliphatic rings. The van der Waals surface area contributed by atoms with Crippen molar-refractivity contribution in [2.75, 3.05) is 9.80 Å². The maximum absolute atomic E-state index is 2.55. The summed E-state index contributed by atoms with van der Waals surface area (Å²) in [6.45, 7) is 0. The Morgan fingerprint density at radius 2 is 0.893 bits per heavy atom. The summed E-state index contributed by atoms with van der Waals surface area (Å²) in [5, 5.41) is 0. The van der Waals surface area contributed by atoms with Crippen molar-refractivity contribution < 1.29 is 0 Å². The minimum absolute atomic E-state index is 0.120. The lowest BCUT2D eigenvalue weighted by molar-refractivity contribution is 0.222. The van der Waals surface area contributed by atoms with Crippen LogP contribution in [-0.2, 0) is 5.41 Å². The summed E-state index contributed by atoms with van der Waals surface area (Å²) >= 11 is 0. The zero-order chi connectivity index (χ0) is 37.6. The van der Waals surface area contributed by atoms with E-state index < -0.39 is 0 Å². The fraction of sp³-hybridized carbons (Fsp3) is 0.185. The van der Waals surface area contributed by atoms with Crippen molar-refractivity contribution in [3.63, 3.8) is 0 Å². The lowest BCUT2D eigenvalue weighted by Gasteiger charge is -2.44. The second-order valence-electron chi connectivity index (χ2n) is 15.6. The summed E-state index contributed by atoms with van der Waals surface area (Å²) in [7, 11) is 0. The highest BCUT2D eigenvalue weighted by molar-refractivity contribution is 5.78. The molecular weight excluding hydrogens is 677 g/mol. The van der Waals surface area contributed by atoms with E-state index in [0.29, 0.717) is 11.8 Å². The van der Waals surface area contributed by atoms with Crippen molar-refractivity contribution in [1.29, 1.82) is 0 Å². The van der Waals surface area contributed by atoms with Crippen LogP contribution in [0.25, 0.3) is 11.1 Å². The molecule has 0 amide bonds. The molecule has 2 unspecified atom stereocenters. The minimum Gasteiger partial charge on any atom is -0.311 e. The SMILES string of the molecule is C1=CC(c2ccccc2)CC=C1N(C1=CCC(C2(c3ccc(N(c4ccccc4)c4ccc(-c5ccccc5)cc4)cc3)CCCCC2)C=C1)c1ccccc1. The predicted octanol–water partition coefficient (Wildman–Crippen LogP) is 14.6. The summed E-state index contributed by atoms with van der Waals surface area (Å²) in [5.41, 5.74) is 12.7. The van der Waals surface area contributed by atoms with Gasteiger partial charge in [-0.05, 0) is 115 Å². The highest BCUT2D eigenvalue weighted by atomic mass is 15.2. The Balaban J connectivity index is 0.990. The van der Waals surface area contributed by atoms with E-state index >= 15 is 0 Å². The van der Waals surface area contributed by atoms with Crippen molar-refractivity contribution in [2.45, 2.75) is 56.3 Å². The molecule has 2 heteroatoms. The number of para-hydroxylation sites is 2. The molecule has 2 atom stereocenters. The molecule has 0 aromatic heterocycles. The Morgan fingerprint density at radius 3 is 1.45 bits per heavy atom. The highest BCUT2D eigenvalue weighted by Gasteiger charge is 2.40. The van der Waals surface area contributed by atoms with Crippen LogP contribution in [0, 0.1) is 5.92 Å². The van der Waals surface area contributed by atoms with Gasteiger partial charge < -0.3 is 9.80 Å². The number of hydrogen-bond donors (Lipinski definition) is 0. The number of hydrogen-bond acceptors (Lipinski definition) is 2. The fourth-order valence-corrected chi connectivity index (χ4v) is 9.39. The quantitative estimate of drug-likeness (QED) is 0.139. The Hall–Kier alpha value is -6.12. The van der Waals surface area contributed by atoms with Gasteiger partial charge >= 0.3 is 0 Å². The van der Waals surface area contributed by atoms with E-state index in [1.54, 1.807) is 0 Å². The molecule has 0 heterocycles. The van der Waals surface area contributed by atoms with E-state index in [0.717, 1.165) is 24.2 Å². The van der Waals surface area contributed by atoms with Crippen LogP contribution < -0.4 is 9.80 Å². The van der Waals surface area contributed by atoms with Crippen molar-refractivity contribution in [1.82, 2.24) is 0 Å². The molecule has 6 aromatic rings. The van der Waals surface area contributed by atoms with E-state index in [9.17, 15) is 0 Å². The smallest absolute Gasteiger partial charge is 0.0462 e. The number of allylic oxidation sites excluding steroid dienone is 6. The van der Waals surface area contributed by atoms with Gasteiger partial charge in [0.15, 0.2) is 0 Å². The standard InChI is InChI=1S/C54H50N2/c1-6-16-42(17-7-1)44-24-32-50(33-25-44)55(48-20-10-3-11-21-48)52-36-28-46(29-37-52)54(40-14-5-15-41-54)47-30-38-53(39-31-47)56(49-22-12-4-13-23-49)51-34-26-45(27-35-51)43-18-8-2-9-19-43/h1-4,6-13,16-26,28-30,32-39,45,47H,5,14-15,27,31,40-41H2. The first-order valence-corrected chi connectivity index (χ1v) is 20.5. The van der Waals surface area contributed by atoms with E-state index in [2.05, 4.69) is 216 Å². The van der Waals surface area contributed by atoms with Crippen LogP contribution in [0.3, 0.4) is 0 Å². The number of rotatable bonds is 10. The molecule has 0 aliphatic heterocycles. The number of anilines is 4. The summed E-state index contributed by atoms with van der Waals surface area (Å²) in [6.07, 6.45) is 23.0. The van der Waals surface area contributed by atoms with Gasteiger partial charge in [0.05, 0.1) is 0 Å². The van der Waals surface area contributed by atoms with Crippen LogP contribution in [0.4, 0.5) is 22.7 Å². The first-order valence-electron chi connectivity index (χ1n) is 20.5. The molecule has 0 bridgehead atoms.